The maximum Gasteiger partial charge on any atom is 0.328 e. The highest BCUT2D eigenvalue weighted by atomic mass is 16.5. The van der Waals surface area contributed by atoms with Crippen LogP contribution in [0.4, 0.5) is 0 Å². The average molecular weight is 456 g/mol. The van der Waals surface area contributed by atoms with Crippen molar-refractivity contribution in [2.75, 3.05) is 6.61 Å². The molecule has 0 bridgehead atoms. The number of esters is 1. The molecule has 4 rings (SSSR count). The molecule has 1 atom stereocenters. The zero-order valence-corrected chi connectivity index (χ0v) is 19.5. The van der Waals surface area contributed by atoms with E-state index in [0.717, 1.165) is 34.9 Å². The van der Waals surface area contributed by atoms with Crippen LogP contribution in [0, 0.1) is 0 Å². The molecule has 2 heterocycles. The van der Waals surface area contributed by atoms with E-state index in [1.54, 1.807) is 25.3 Å². The molecule has 0 aliphatic heterocycles. The number of nitrogens with zero attached hydrogens (tertiary/aromatic N) is 2. The second-order valence-electron chi connectivity index (χ2n) is 8.32. The summed E-state index contributed by atoms with van der Waals surface area (Å²) in [4.78, 5) is 29.8. The number of aryl methyl sites for hydroxylation is 3. The van der Waals surface area contributed by atoms with E-state index >= 15 is 0 Å². The zero-order valence-electron chi connectivity index (χ0n) is 19.5. The highest BCUT2D eigenvalue weighted by Gasteiger charge is 2.24. The standard InChI is InChI=1S/C28H29N3O3/c1-3-34-28(33)25(17-23-19-31(2)26-9-5-4-8-24(23)26)30-27(32)22-14-12-20(13-15-22)10-11-21-7-6-16-29-18-21/h4-9,12-16,18-19,25H,3,10-11,17H2,1-2H3,(H,30,32)/t25-/m0/s1. The summed E-state index contributed by atoms with van der Waals surface area (Å²) in [5.74, 6) is -0.728. The number of pyridine rings is 1. The molecule has 6 nitrogen and oxygen atoms in total. The Balaban J connectivity index is 1.45. The molecule has 34 heavy (non-hydrogen) atoms. The van der Waals surface area contributed by atoms with Gasteiger partial charge >= 0.3 is 5.97 Å². The van der Waals surface area contributed by atoms with Gasteiger partial charge in [0.1, 0.15) is 6.04 Å². The molecule has 0 saturated heterocycles. The summed E-state index contributed by atoms with van der Waals surface area (Å²) in [5, 5.41) is 3.95. The van der Waals surface area contributed by atoms with Crippen molar-refractivity contribution in [1.29, 1.82) is 0 Å². The van der Waals surface area contributed by atoms with Gasteiger partial charge in [0.25, 0.3) is 5.91 Å². The number of aromatic nitrogens is 2. The van der Waals surface area contributed by atoms with E-state index in [1.165, 1.54) is 5.56 Å². The number of para-hydroxylation sites is 1. The molecule has 0 aliphatic carbocycles. The summed E-state index contributed by atoms with van der Waals surface area (Å²) in [7, 11) is 1.97. The van der Waals surface area contributed by atoms with Gasteiger partial charge in [-0.1, -0.05) is 36.4 Å². The van der Waals surface area contributed by atoms with E-state index in [1.807, 2.05) is 66.5 Å². The molecule has 0 saturated carbocycles. The molecule has 1 N–H and O–H groups in total. The van der Waals surface area contributed by atoms with E-state index in [4.69, 9.17) is 4.74 Å². The minimum Gasteiger partial charge on any atom is -0.464 e. The van der Waals surface area contributed by atoms with Gasteiger partial charge in [-0.2, -0.15) is 0 Å². The number of carbonyl (C=O) groups excluding carboxylic acids is 2. The van der Waals surface area contributed by atoms with Gasteiger partial charge in [-0.05, 0) is 60.7 Å². The molecular formula is C28H29N3O3. The number of hydrogen-bond acceptors (Lipinski definition) is 4. The van der Waals surface area contributed by atoms with E-state index < -0.39 is 12.0 Å². The fraction of sp³-hybridized carbons (Fsp3) is 0.250. The van der Waals surface area contributed by atoms with Crippen molar-refractivity contribution in [2.24, 2.45) is 7.05 Å². The Bertz CT molecular complexity index is 1260. The van der Waals surface area contributed by atoms with Crippen LogP contribution in [0.25, 0.3) is 10.9 Å². The predicted molar refractivity (Wildman–Crippen MR) is 133 cm³/mol. The van der Waals surface area contributed by atoms with Gasteiger partial charge < -0.3 is 14.6 Å². The smallest absolute Gasteiger partial charge is 0.328 e. The largest absolute Gasteiger partial charge is 0.464 e. The van der Waals surface area contributed by atoms with Crippen LogP contribution in [0.2, 0.25) is 0 Å². The Morgan fingerprint density at radius 3 is 2.50 bits per heavy atom. The lowest BCUT2D eigenvalue weighted by Crippen LogP contribution is -2.43. The predicted octanol–water partition coefficient (Wildman–Crippen LogP) is 4.26. The monoisotopic (exact) mass is 455 g/mol. The number of nitrogens with one attached hydrogen (secondary N) is 1. The lowest BCUT2D eigenvalue weighted by molar-refractivity contribution is -0.145. The Morgan fingerprint density at radius 2 is 1.76 bits per heavy atom. The molecule has 6 heteroatoms. The molecule has 2 aromatic heterocycles. The van der Waals surface area contributed by atoms with Crippen molar-refractivity contribution >= 4 is 22.8 Å². The first-order chi connectivity index (χ1) is 16.5. The molecule has 0 spiro atoms. The van der Waals surface area contributed by atoms with Crippen LogP contribution in [0.15, 0.2) is 79.3 Å². The van der Waals surface area contributed by atoms with Crippen molar-refractivity contribution in [3.8, 4) is 0 Å². The van der Waals surface area contributed by atoms with Gasteiger partial charge in [-0.3, -0.25) is 9.78 Å². The first-order valence-electron chi connectivity index (χ1n) is 11.5. The minimum atomic E-state index is -0.775. The number of hydrogen-bond donors (Lipinski definition) is 1. The molecule has 0 fully saturated rings. The molecular weight excluding hydrogens is 426 g/mol. The first-order valence-corrected chi connectivity index (χ1v) is 11.5. The van der Waals surface area contributed by atoms with Crippen molar-refractivity contribution in [3.05, 3.63) is 102 Å². The molecule has 0 unspecified atom stereocenters. The van der Waals surface area contributed by atoms with Crippen LogP contribution in [-0.4, -0.2) is 34.1 Å². The third-order valence-corrected chi connectivity index (χ3v) is 5.92. The number of amides is 1. The molecule has 0 radical (unpaired) electrons. The second-order valence-corrected chi connectivity index (χ2v) is 8.32. The zero-order chi connectivity index (χ0) is 23.9. The van der Waals surface area contributed by atoms with Gasteiger partial charge in [0, 0.05) is 48.5 Å². The van der Waals surface area contributed by atoms with Gasteiger partial charge in [-0.25, -0.2) is 4.79 Å². The number of carbonyl (C=O) groups is 2. The first kappa shape index (κ1) is 23.2. The fourth-order valence-electron chi connectivity index (χ4n) is 4.14. The number of fused-ring (bicyclic) bond motifs is 1. The summed E-state index contributed by atoms with van der Waals surface area (Å²) >= 11 is 0. The Hall–Kier alpha value is -3.93. The van der Waals surface area contributed by atoms with E-state index in [9.17, 15) is 9.59 Å². The SMILES string of the molecule is CCOC(=O)[C@H](Cc1cn(C)c2ccccc12)NC(=O)c1ccc(CCc2cccnc2)cc1. The average Bonchev–Trinajstić information content (AvgIpc) is 3.18. The van der Waals surface area contributed by atoms with Crippen molar-refractivity contribution in [1.82, 2.24) is 14.9 Å². The maximum absolute atomic E-state index is 13.0. The summed E-state index contributed by atoms with van der Waals surface area (Å²) in [6.07, 6.45) is 7.73. The minimum absolute atomic E-state index is 0.256. The van der Waals surface area contributed by atoms with Crippen molar-refractivity contribution in [3.63, 3.8) is 0 Å². The third kappa shape index (κ3) is 5.52. The highest BCUT2D eigenvalue weighted by molar-refractivity contribution is 5.97. The summed E-state index contributed by atoms with van der Waals surface area (Å²) < 4.78 is 7.29. The van der Waals surface area contributed by atoms with Crippen LogP contribution in [0.3, 0.4) is 0 Å². The molecule has 174 valence electrons. The summed E-state index contributed by atoms with van der Waals surface area (Å²) in [5.41, 5.74) is 4.89. The summed E-state index contributed by atoms with van der Waals surface area (Å²) in [6, 6.07) is 18.7. The number of benzene rings is 2. The Morgan fingerprint density at radius 1 is 1.00 bits per heavy atom. The van der Waals surface area contributed by atoms with E-state index in [-0.39, 0.29) is 12.5 Å². The topological polar surface area (TPSA) is 73.2 Å². The molecule has 2 aromatic carbocycles. The third-order valence-electron chi connectivity index (χ3n) is 5.92. The lowest BCUT2D eigenvalue weighted by Gasteiger charge is -2.17. The van der Waals surface area contributed by atoms with Crippen LogP contribution in [0.1, 0.15) is 34.0 Å². The van der Waals surface area contributed by atoms with Gasteiger partial charge in [0.05, 0.1) is 6.61 Å². The Kier molecular flexibility index (Phi) is 7.38. The van der Waals surface area contributed by atoms with Gasteiger partial charge in [0.2, 0.25) is 0 Å². The Labute approximate surface area is 199 Å². The van der Waals surface area contributed by atoms with Gasteiger partial charge in [0.15, 0.2) is 0 Å². The van der Waals surface area contributed by atoms with Crippen molar-refractivity contribution in [2.45, 2.75) is 32.2 Å². The van der Waals surface area contributed by atoms with Crippen LogP contribution in [-0.2, 0) is 35.8 Å². The lowest BCUT2D eigenvalue weighted by atomic mass is 10.0. The number of rotatable bonds is 9. The molecule has 1 amide bonds. The van der Waals surface area contributed by atoms with Crippen molar-refractivity contribution < 1.29 is 14.3 Å². The molecule has 4 aromatic rings. The second kappa shape index (κ2) is 10.8. The van der Waals surface area contributed by atoms with Gasteiger partial charge in [-0.15, -0.1) is 0 Å². The van der Waals surface area contributed by atoms with Crippen LogP contribution >= 0.6 is 0 Å². The maximum atomic E-state index is 13.0. The highest BCUT2D eigenvalue weighted by Crippen LogP contribution is 2.22. The fourth-order valence-corrected chi connectivity index (χ4v) is 4.14. The van der Waals surface area contributed by atoms with Crippen LogP contribution in [0.5, 0.6) is 0 Å². The van der Waals surface area contributed by atoms with E-state index in [0.29, 0.717) is 12.0 Å². The number of ether oxygens (including phenoxy) is 1. The quantitative estimate of drug-likeness (QED) is 0.383. The van der Waals surface area contributed by atoms with Crippen LogP contribution < -0.4 is 5.32 Å². The normalized spacial score (nSPS) is 11.8. The summed E-state index contributed by atoms with van der Waals surface area (Å²) in [6.45, 7) is 2.02. The van der Waals surface area contributed by atoms with E-state index in [2.05, 4.69) is 16.4 Å². The molecule has 0 aliphatic rings.